The van der Waals surface area contributed by atoms with Gasteiger partial charge in [-0.05, 0) is 37.3 Å². The fourth-order valence-corrected chi connectivity index (χ4v) is 3.02. The highest BCUT2D eigenvalue weighted by molar-refractivity contribution is 7.91. The van der Waals surface area contributed by atoms with Crippen LogP contribution in [0.3, 0.4) is 0 Å². The summed E-state index contributed by atoms with van der Waals surface area (Å²) >= 11 is 3.61. The van der Waals surface area contributed by atoms with Crippen LogP contribution in [-0.2, 0) is 11.2 Å². The van der Waals surface area contributed by atoms with Gasteiger partial charge in [0.1, 0.15) is 0 Å². The second-order valence-electron chi connectivity index (χ2n) is 3.82. The number of hydrogen-bond acceptors (Lipinski definition) is 2. The average Bonchev–Trinajstić information content (AvgIpc) is 2.40. The maximum atomic E-state index is 12.4. The molecule has 18 heavy (non-hydrogen) atoms. The molecule has 0 aliphatic heterocycles. The minimum atomic E-state index is -1.13. The van der Waals surface area contributed by atoms with Gasteiger partial charge in [-0.25, -0.2) is 0 Å². The van der Waals surface area contributed by atoms with E-state index in [1.165, 1.54) is 5.49 Å². The summed E-state index contributed by atoms with van der Waals surface area (Å²) in [6.07, 6.45) is 0. The molecule has 1 unspecified atom stereocenters. The molecule has 0 fully saturated rings. The van der Waals surface area contributed by atoms with Crippen LogP contribution >= 0.6 is 12.2 Å². The molecule has 2 aromatic carbocycles. The molecule has 0 amide bonds. The van der Waals surface area contributed by atoms with Crippen LogP contribution in [0.2, 0.25) is 0 Å². The molecule has 1 N–H and O–H groups in total. The first-order valence-corrected chi connectivity index (χ1v) is 7.12. The Morgan fingerprint density at radius 1 is 1.17 bits per heavy atom. The lowest BCUT2D eigenvalue weighted by Crippen LogP contribution is -2.04. The third-order valence-corrected chi connectivity index (χ3v) is 4.23. The average molecular weight is 275 g/mol. The van der Waals surface area contributed by atoms with E-state index in [-0.39, 0.29) is 0 Å². The second-order valence-corrected chi connectivity index (χ2v) is 5.51. The van der Waals surface area contributed by atoms with E-state index in [4.69, 9.17) is 12.2 Å². The molecule has 0 radical (unpaired) electrons. The lowest BCUT2D eigenvalue weighted by Gasteiger charge is -2.12. The Kier molecular flexibility index (Phi) is 4.36. The van der Waals surface area contributed by atoms with E-state index >= 15 is 0 Å². The van der Waals surface area contributed by atoms with Gasteiger partial charge in [0.05, 0.1) is 5.49 Å². The van der Waals surface area contributed by atoms with E-state index < -0.39 is 11.2 Å². The first kappa shape index (κ1) is 13.1. The van der Waals surface area contributed by atoms with Crippen molar-refractivity contribution in [2.75, 3.05) is 5.32 Å². The van der Waals surface area contributed by atoms with Crippen LogP contribution < -0.4 is 5.32 Å². The standard InChI is InChI=1S/C14H13NOS2/c1-11-9-12(15-10-17)7-8-14(11)18(16)13-5-3-2-4-6-13/h2-10H,1H3,(H,15,17). The molecule has 0 heterocycles. The summed E-state index contributed by atoms with van der Waals surface area (Å²) in [5.41, 5.74) is 3.36. The van der Waals surface area contributed by atoms with Crippen molar-refractivity contribution in [3.05, 3.63) is 54.1 Å². The first-order chi connectivity index (χ1) is 8.72. The van der Waals surface area contributed by atoms with Crippen molar-refractivity contribution in [1.82, 2.24) is 0 Å². The Morgan fingerprint density at radius 3 is 2.50 bits per heavy atom. The third-order valence-electron chi connectivity index (χ3n) is 2.56. The van der Waals surface area contributed by atoms with Crippen molar-refractivity contribution in [3.8, 4) is 0 Å². The summed E-state index contributed by atoms with van der Waals surface area (Å²) < 4.78 is 12.4. The van der Waals surface area contributed by atoms with Gasteiger partial charge in [0.2, 0.25) is 0 Å². The van der Waals surface area contributed by atoms with E-state index in [1.54, 1.807) is 0 Å². The van der Waals surface area contributed by atoms with Crippen molar-refractivity contribution < 1.29 is 4.55 Å². The van der Waals surface area contributed by atoms with Crippen LogP contribution in [-0.4, -0.2) is 10.0 Å². The number of aryl methyl sites for hydroxylation is 1. The minimum Gasteiger partial charge on any atom is -0.606 e. The normalized spacial score (nSPS) is 11.9. The monoisotopic (exact) mass is 275 g/mol. The predicted octanol–water partition coefficient (Wildman–Crippen LogP) is 3.53. The van der Waals surface area contributed by atoms with E-state index in [0.717, 1.165) is 21.0 Å². The molecule has 1 atom stereocenters. The SMILES string of the molecule is Cc1cc(NC=S)ccc1[S+]([O-])c1ccccc1. The number of anilines is 1. The van der Waals surface area contributed by atoms with Crippen molar-refractivity contribution in [3.63, 3.8) is 0 Å². The van der Waals surface area contributed by atoms with Gasteiger partial charge in [0.15, 0.2) is 9.79 Å². The molecule has 92 valence electrons. The third kappa shape index (κ3) is 2.90. The Balaban J connectivity index is 2.31. The Labute approximate surface area is 115 Å². The van der Waals surface area contributed by atoms with E-state index in [1.807, 2.05) is 55.5 Å². The number of nitrogens with one attached hydrogen (secondary N) is 1. The summed E-state index contributed by atoms with van der Waals surface area (Å²) in [7, 11) is 0. The van der Waals surface area contributed by atoms with Crippen molar-refractivity contribution >= 4 is 34.6 Å². The molecule has 0 saturated carbocycles. The maximum absolute atomic E-state index is 12.4. The molecule has 4 heteroatoms. The zero-order valence-electron chi connectivity index (χ0n) is 9.92. The van der Waals surface area contributed by atoms with Crippen LogP contribution in [0.15, 0.2) is 58.3 Å². The summed E-state index contributed by atoms with van der Waals surface area (Å²) in [5, 5.41) is 2.95. The molecular weight excluding hydrogens is 262 g/mol. The molecule has 0 spiro atoms. The Morgan fingerprint density at radius 2 is 1.89 bits per heavy atom. The molecule has 2 nitrogen and oxygen atoms in total. The van der Waals surface area contributed by atoms with Gasteiger partial charge in [-0.2, -0.15) is 0 Å². The summed E-state index contributed by atoms with van der Waals surface area (Å²) in [5.74, 6) is 0. The Bertz CT molecular complexity index is 543. The van der Waals surface area contributed by atoms with Gasteiger partial charge in [0.25, 0.3) is 0 Å². The summed E-state index contributed by atoms with van der Waals surface area (Å²) in [4.78, 5) is 1.65. The van der Waals surface area contributed by atoms with Gasteiger partial charge in [-0.1, -0.05) is 30.4 Å². The number of thiocarbonyl (C=S) groups is 1. The molecule has 2 aromatic rings. The molecule has 0 aliphatic carbocycles. The van der Waals surface area contributed by atoms with Gasteiger partial charge < -0.3 is 9.87 Å². The van der Waals surface area contributed by atoms with Crippen LogP contribution in [0.5, 0.6) is 0 Å². The highest BCUT2D eigenvalue weighted by Crippen LogP contribution is 2.25. The van der Waals surface area contributed by atoms with Gasteiger partial charge >= 0.3 is 0 Å². The number of hydrogen-bond donors (Lipinski definition) is 1. The zero-order chi connectivity index (χ0) is 13.0. The second kappa shape index (κ2) is 6.00. The molecule has 0 aromatic heterocycles. The zero-order valence-corrected chi connectivity index (χ0v) is 11.6. The fraction of sp³-hybridized carbons (Fsp3) is 0.0714. The highest BCUT2D eigenvalue weighted by atomic mass is 32.2. The molecular formula is C14H13NOS2. The first-order valence-electron chi connectivity index (χ1n) is 5.50. The molecule has 0 saturated heterocycles. The van der Waals surface area contributed by atoms with Crippen molar-refractivity contribution in [2.45, 2.75) is 16.7 Å². The Hall–Kier alpha value is -1.36. The maximum Gasteiger partial charge on any atom is 0.161 e. The summed E-state index contributed by atoms with van der Waals surface area (Å²) in [6, 6.07) is 15.2. The molecule has 2 rings (SSSR count). The van der Waals surface area contributed by atoms with E-state index in [2.05, 4.69) is 5.32 Å². The number of benzene rings is 2. The van der Waals surface area contributed by atoms with E-state index in [9.17, 15) is 4.55 Å². The smallest absolute Gasteiger partial charge is 0.161 e. The minimum absolute atomic E-state index is 0.816. The van der Waals surface area contributed by atoms with Gasteiger partial charge in [-0.15, -0.1) is 0 Å². The van der Waals surface area contributed by atoms with Crippen LogP contribution in [0.1, 0.15) is 5.56 Å². The number of rotatable bonds is 4. The van der Waals surface area contributed by atoms with Crippen LogP contribution in [0.25, 0.3) is 0 Å². The largest absolute Gasteiger partial charge is 0.606 e. The predicted molar refractivity (Wildman–Crippen MR) is 79.6 cm³/mol. The highest BCUT2D eigenvalue weighted by Gasteiger charge is 2.16. The fourth-order valence-electron chi connectivity index (χ4n) is 1.69. The van der Waals surface area contributed by atoms with Crippen LogP contribution in [0, 0.1) is 6.92 Å². The lowest BCUT2D eigenvalue weighted by atomic mass is 10.2. The van der Waals surface area contributed by atoms with Gasteiger partial charge in [0, 0.05) is 22.4 Å². The van der Waals surface area contributed by atoms with E-state index in [0.29, 0.717) is 0 Å². The van der Waals surface area contributed by atoms with Crippen LogP contribution in [0.4, 0.5) is 5.69 Å². The van der Waals surface area contributed by atoms with Crippen molar-refractivity contribution in [1.29, 1.82) is 0 Å². The quantitative estimate of drug-likeness (QED) is 0.685. The summed E-state index contributed by atoms with van der Waals surface area (Å²) in [6.45, 7) is 1.95. The van der Waals surface area contributed by atoms with Gasteiger partial charge in [-0.3, -0.25) is 0 Å². The lowest BCUT2D eigenvalue weighted by molar-refractivity contribution is 0.594. The molecule has 0 bridgehead atoms. The van der Waals surface area contributed by atoms with Crippen molar-refractivity contribution in [2.24, 2.45) is 0 Å². The topological polar surface area (TPSA) is 35.1 Å². The molecule has 0 aliphatic rings.